The molecular formula is C27H31ClN4O2S. The highest BCUT2D eigenvalue weighted by molar-refractivity contribution is 7.80. The number of carbonyl (C=O) groups is 1. The minimum Gasteiger partial charge on any atom is -0.494 e. The maximum atomic E-state index is 13.2. The van der Waals surface area contributed by atoms with E-state index in [-0.39, 0.29) is 5.91 Å². The monoisotopic (exact) mass is 510 g/mol. The quantitative estimate of drug-likeness (QED) is 0.251. The Hall–Kier alpha value is -2.66. The highest BCUT2D eigenvalue weighted by Crippen LogP contribution is 2.36. The summed E-state index contributed by atoms with van der Waals surface area (Å²) in [5, 5.41) is 4.37. The molecule has 1 heterocycles. The zero-order valence-corrected chi connectivity index (χ0v) is 21.8. The van der Waals surface area contributed by atoms with Gasteiger partial charge in [-0.3, -0.25) is 9.69 Å². The van der Waals surface area contributed by atoms with Gasteiger partial charge in [-0.25, -0.2) is 4.85 Å². The van der Waals surface area contributed by atoms with Gasteiger partial charge in [0.1, 0.15) is 11.3 Å². The summed E-state index contributed by atoms with van der Waals surface area (Å²) in [4.78, 5) is 20.0. The molecule has 0 unspecified atom stereocenters. The molecule has 35 heavy (non-hydrogen) atoms. The van der Waals surface area contributed by atoms with Gasteiger partial charge in [0.25, 0.3) is 5.91 Å². The van der Waals surface area contributed by atoms with Gasteiger partial charge in [0, 0.05) is 24.2 Å². The van der Waals surface area contributed by atoms with Gasteiger partial charge in [-0.05, 0) is 75.2 Å². The Morgan fingerprint density at radius 2 is 1.91 bits per heavy atom. The number of hydrogen-bond acceptors (Lipinski definition) is 4. The number of nitrogens with zero attached hydrogens (tertiary/aromatic N) is 3. The number of thiocarbonyl (C=S) groups is 1. The molecule has 1 saturated heterocycles. The lowest BCUT2D eigenvalue weighted by Crippen LogP contribution is -2.44. The van der Waals surface area contributed by atoms with Crippen molar-refractivity contribution in [1.82, 2.24) is 10.2 Å². The molecule has 1 N–H and O–H groups in total. The van der Waals surface area contributed by atoms with Gasteiger partial charge in [-0.2, -0.15) is 0 Å². The normalized spacial score (nSPS) is 17.8. The Bertz CT molecular complexity index is 1120. The number of rotatable bonds is 9. The number of anilines is 1. The third-order valence-corrected chi connectivity index (χ3v) is 7.51. The van der Waals surface area contributed by atoms with Crippen molar-refractivity contribution < 1.29 is 9.53 Å². The fourth-order valence-electron chi connectivity index (χ4n) is 4.67. The number of hydrogen-bond donors (Lipinski definition) is 1. The van der Waals surface area contributed by atoms with Crippen LogP contribution >= 0.6 is 23.8 Å². The molecular weight excluding hydrogens is 480 g/mol. The molecule has 0 bridgehead atoms. The van der Waals surface area contributed by atoms with Crippen LogP contribution in [-0.2, 0) is 11.3 Å². The maximum absolute atomic E-state index is 13.2. The summed E-state index contributed by atoms with van der Waals surface area (Å²) in [6.07, 6.45) is 5.95. The largest absolute Gasteiger partial charge is 0.494 e. The fraction of sp³-hybridized carbons (Fsp3) is 0.444. The average Bonchev–Trinajstić information content (AvgIpc) is 3.42. The smallest absolute Gasteiger partial charge is 0.258 e. The lowest BCUT2D eigenvalue weighted by atomic mass is 10.0. The third-order valence-electron chi connectivity index (χ3n) is 6.80. The Morgan fingerprint density at radius 1 is 1.20 bits per heavy atom. The summed E-state index contributed by atoms with van der Waals surface area (Å²) in [6, 6.07) is 13.8. The minimum atomic E-state index is -0.782. The van der Waals surface area contributed by atoms with Crippen molar-refractivity contribution in [1.29, 1.82) is 0 Å². The van der Waals surface area contributed by atoms with Gasteiger partial charge in [0.2, 0.25) is 5.69 Å². The molecule has 4 rings (SSSR count). The lowest BCUT2D eigenvalue weighted by Gasteiger charge is -2.29. The molecule has 1 aliphatic heterocycles. The molecule has 0 atom stereocenters. The van der Waals surface area contributed by atoms with Crippen molar-refractivity contribution in [3.05, 3.63) is 64.5 Å². The zero-order chi connectivity index (χ0) is 25.0. The van der Waals surface area contributed by atoms with Crippen LogP contribution in [0.4, 0.5) is 11.4 Å². The fourth-order valence-corrected chi connectivity index (χ4v) is 5.40. The van der Waals surface area contributed by atoms with Gasteiger partial charge in [-0.1, -0.05) is 42.6 Å². The van der Waals surface area contributed by atoms with E-state index in [0.717, 1.165) is 12.3 Å². The average molecular weight is 511 g/mol. The second-order valence-electron chi connectivity index (χ2n) is 9.59. The molecule has 0 aromatic heterocycles. The van der Waals surface area contributed by atoms with E-state index in [1.807, 2.05) is 30.9 Å². The SMILES string of the molecule is [C-]#[N+]c1ccc(N2C(=O)C(C)(C)N(CCCOc3ccc(CNC4CCCC4)cc3)C2=S)cc1Cl. The number of halogens is 1. The Kier molecular flexibility index (Phi) is 7.95. The van der Waals surface area contributed by atoms with E-state index in [1.165, 1.54) is 36.1 Å². The molecule has 1 saturated carbocycles. The Labute approximate surface area is 218 Å². The summed E-state index contributed by atoms with van der Waals surface area (Å²) in [5.74, 6) is 0.724. The first kappa shape index (κ1) is 25.4. The van der Waals surface area contributed by atoms with Crippen LogP contribution in [0.1, 0.15) is 51.5 Å². The van der Waals surface area contributed by atoms with E-state index >= 15 is 0 Å². The molecule has 6 nitrogen and oxygen atoms in total. The second-order valence-corrected chi connectivity index (χ2v) is 10.4. The summed E-state index contributed by atoms with van der Waals surface area (Å²) >= 11 is 11.9. The molecule has 2 aromatic rings. The molecule has 0 spiro atoms. The van der Waals surface area contributed by atoms with Gasteiger partial charge >= 0.3 is 0 Å². The summed E-state index contributed by atoms with van der Waals surface area (Å²) in [6.45, 7) is 12.9. The van der Waals surface area contributed by atoms with Crippen molar-refractivity contribution in [3.8, 4) is 5.75 Å². The van der Waals surface area contributed by atoms with Gasteiger partial charge < -0.3 is 15.0 Å². The first-order valence-electron chi connectivity index (χ1n) is 12.1. The van der Waals surface area contributed by atoms with Crippen LogP contribution in [0.15, 0.2) is 42.5 Å². The number of amides is 1. The number of ether oxygens (including phenoxy) is 1. The van der Waals surface area contributed by atoms with Crippen LogP contribution < -0.4 is 15.0 Å². The number of carbonyl (C=O) groups excluding carboxylic acids is 1. The molecule has 1 amide bonds. The van der Waals surface area contributed by atoms with E-state index in [2.05, 4.69) is 22.3 Å². The van der Waals surface area contributed by atoms with Crippen LogP contribution in [0.2, 0.25) is 5.02 Å². The van der Waals surface area contributed by atoms with Crippen LogP contribution in [-0.4, -0.2) is 40.7 Å². The van der Waals surface area contributed by atoms with E-state index in [1.54, 1.807) is 18.2 Å². The number of benzene rings is 2. The Morgan fingerprint density at radius 3 is 2.57 bits per heavy atom. The van der Waals surface area contributed by atoms with Gasteiger partial charge in [-0.15, -0.1) is 0 Å². The van der Waals surface area contributed by atoms with Crippen LogP contribution in [0.5, 0.6) is 5.75 Å². The molecule has 0 radical (unpaired) electrons. The summed E-state index contributed by atoms with van der Waals surface area (Å²) < 4.78 is 5.95. The summed E-state index contributed by atoms with van der Waals surface area (Å²) in [7, 11) is 0. The standard InChI is InChI=1S/C27H31ClN4O2S/c1-27(2)25(33)32(21-11-14-24(29-3)23(28)17-21)26(35)31(27)15-6-16-34-22-12-9-19(10-13-22)18-30-20-7-4-5-8-20/h9-14,17,20,30H,4-8,15-16,18H2,1-2H3. The first-order valence-corrected chi connectivity index (χ1v) is 12.9. The first-order chi connectivity index (χ1) is 16.8. The van der Waals surface area contributed by atoms with Crippen molar-refractivity contribution in [2.24, 2.45) is 0 Å². The third kappa shape index (κ3) is 5.61. The second kappa shape index (κ2) is 10.9. The lowest BCUT2D eigenvalue weighted by molar-refractivity contribution is -0.123. The topological polar surface area (TPSA) is 49.2 Å². The van der Waals surface area contributed by atoms with E-state index in [0.29, 0.717) is 47.1 Å². The molecule has 2 aliphatic rings. The predicted molar refractivity (Wildman–Crippen MR) is 144 cm³/mol. The van der Waals surface area contributed by atoms with Gasteiger partial charge in [0.15, 0.2) is 5.11 Å². The number of nitrogens with one attached hydrogen (secondary N) is 1. The van der Waals surface area contributed by atoms with Crippen LogP contribution in [0, 0.1) is 6.57 Å². The van der Waals surface area contributed by atoms with Gasteiger partial charge in [0.05, 0.1) is 18.9 Å². The highest BCUT2D eigenvalue weighted by atomic mass is 35.5. The zero-order valence-electron chi connectivity index (χ0n) is 20.2. The minimum absolute atomic E-state index is 0.114. The van der Waals surface area contributed by atoms with Crippen molar-refractivity contribution in [3.63, 3.8) is 0 Å². The van der Waals surface area contributed by atoms with Crippen LogP contribution in [0.3, 0.4) is 0 Å². The molecule has 2 fully saturated rings. The maximum Gasteiger partial charge on any atom is 0.258 e. The molecule has 8 heteroatoms. The van der Waals surface area contributed by atoms with Crippen molar-refractivity contribution in [2.75, 3.05) is 18.1 Å². The predicted octanol–water partition coefficient (Wildman–Crippen LogP) is 6.10. The van der Waals surface area contributed by atoms with E-state index in [4.69, 9.17) is 35.1 Å². The highest BCUT2D eigenvalue weighted by Gasteiger charge is 2.49. The summed E-state index contributed by atoms with van der Waals surface area (Å²) in [5.41, 5.74) is 1.40. The van der Waals surface area contributed by atoms with E-state index in [9.17, 15) is 4.79 Å². The molecule has 1 aliphatic carbocycles. The van der Waals surface area contributed by atoms with E-state index < -0.39 is 5.54 Å². The van der Waals surface area contributed by atoms with Crippen LogP contribution in [0.25, 0.3) is 4.85 Å². The molecule has 184 valence electrons. The van der Waals surface area contributed by atoms with Crippen molar-refractivity contribution >= 4 is 46.2 Å². The van der Waals surface area contributed by atoms with Crippen molar-refractivity contribution in [2.45, 2.75) is 64.1 Å². The Balaban J connectivity index is 1.29. The molecule has 2 aromatic carbocycles.